The van der Waals surface area contributed by atoms with Crippen LogP contribution < -0.4 is 0 Å². The second-order valence-corrected chi connectivity index (χ2v) is 4.23. The minimum atomic E-state index is -0.752. The van der Waals surface area contributed by atoms with E-state index in [4.69, 9.17) is 14.2 Å². The summed E-state index contributed by atoms with van der Waals surface area (Å²) in [5.74, 6) is 0.0172. The van der Waals surface area contributed by atoms with Gasteiger partial charge < -0.3 is 14.2 Å². The van der Waals surface area contributed by atoms with Crippen molar-refractivity contribution < 1.29 is 19.0 Å². The third-order valence-corrected chi connectivity index (χ3v) is 2.56. The average molecular weight is 248 g/mol. The minimum Gasteiger partial charge on any atom is -0.494 e. The standard InChI is InChI=1S/C14H16O4/c1-9(2)17-14-12(16-3)11(13(15)18-14)10-7-5-4-6-8-10/h4-9,14H,1-3H3. The van der Waals surface area contributed by atoms with Gasteiger partial charge in [-0.2, -0.15) is 0 Å². The van der Waals surface area contributed by atoms with Crippen LogP contribution >= 0.6 is 0 Å². The Bertz CT molecular complexity index is 462. The molecule has 0 fully saturated rings. The molecule has 0 amide bonds. The molecule has 96 valence electrons. The minimum absolute atomic E-state index is 0.0527. The summed E-state index contributed by atoms with van der Waals surface area (Å²) in [6, 6.07) is 9.29. The van der Waals surface area contributed by atoms with E-state index in [0.717, 1.165) is 5.56 Å². The SMILES string of the molecule is COC1=C(c2ccccc2)C(=O)OC1OC(C)C. The van der Waals surface area contributed by atoms with E-state index in [9.17, 15) is 4.79 Å². The summed E-state index contributed by atoms with van der Waals surface area (Å²) in [5, 5.41) is 0. The number of hydrogen-bond acceptors (Lipinski definition) is 4. The van der Waals surface area contributed by atoms with E-state index in [2.05, 4.69) is 0 Å². The van der Waals surface area contributed by atoms with Crippen LogP contribution in [-0.4, -0.2) is 25.5 Å². The van der Waals surface area contributed by atoms with Crippen molar-refractivity contribution in [2.45, 2.75) is 26.2 Å². The van der Waals surface area contributed by atoms with Crippen molar-refractivity contribution in [2.75, 3.05) is 7.11 Å². The van der Waals surface area contributed by atoms with E-state index in [0.29, 0.717) is 11.3 Å². The summed E-state index contributed by atoms with van der Waals surface area (Å²) in [6.45, 7) is 3.75. The van der Waals surface area contributed by atoms with Crippen molar-refractivity contribution in [2.24, 2.45) is 0 Å². The van der Waals surface area contributed by atoms with E-state index in [1.165, 1.54) is 7.11 Å². The molecule has 1 heterocycles. The lowest BCUT2D eigenvalue weighted by Gasteiger charge is -2.16. The Labute approximate surface area is 106 Å². The van der Waals surface area contributed by atoms with Gasteiger partial charge in [0.05, 0.1) is 13.2 Å². The normalized spacial score (nSPS) is 19.3. The van der Waals surface area contributed by atoms with Gasteiger partial charge in [0.15, 0.2) is 5.76 Å². The summed E-state index contributed by atoms with van der Waals surface area (Å²) in [5.41, 5.74) is 1.21. The first-order valence-corrected chi connectivity index (χ1v) is 5.83. The highest BCUT2D eigenvalue weighted by atomic mass is 16.7. The molecule has 1 aromatic rings. The summed E-state index contributed by atoms with van der Waals surface area (Å²) in [4.78, 5) is 11.9. The van der Waals surface area contributed by atoms with E-state index in [1.54, 1.807) is 0 Å². The van der Waals surface area contributed by atoms with Crippen LogP contribution in [0.15, 0.2) is 36.1 Å². The zero-order valence-electron chi connectivity index (χ0n) is 10.7. The van der Waals surface area contributed by atoms with Gasteiger partial charge in [0.2, 0.25) is 0 Å². The van der Waals surface area contributed by atoms with E-state index in [-0.39, 0.29) is 6.10 Å². The van der Waals surface area contributed by atoms with E-state index < -0.39 is 12.3 Å². The van der Waals surface area contributed by atoms with Crippen LogP contribution in [0.2, 0.25) is 0 Å². The number of rotatable bonds is 4. The number of esters is 1. The Morgan fingerprint density at radius 2 is 1.89 bits per heavy atom. The summed E-state index contributed by atoms with van der Waals surface area (Å²) < 4.78 is 16.0. The zero-order chi connectivity index (χ0) is 13.1. The summed E-state index contributed by atoms with van der Waals surface area (Å²) >= 11 is 0. The van der Waals surface area contributed by atoms with Gasteiger partial charge in [-0.15, -0.1) is 0 Å². The highest BCUT2D eigenvalue weighted by Crippen LogP contribution is 2.32. The van der Waals surface area contributed by atoms with Crippen LogP contribution in [0.5, 0.6) is 0 Å². The van der Waals surface area contributed by atoms with Crippen LogP contribution in [0.1, 0.15) is 19.4 Å². The number of methoxy groups -OCH3 is 1. The second-order valence-electron chi connectivity index (χ2n) is 4.23. The number of ether oxygens (including phenoxy) is 3. The fraction of sp³-hybridized carbons (Fsp3) is 0.357. The number of carbonyl (C=O) groups is 1. The Kier molecular flexibility index (Phi) is 3.67. The van der Waals surface area contributed by atoms with E-state index >= 15 is 0 Å². The number of carbonyl (C=O) groups excluding carboxylic acids is 1. The fourth-order valence-electron chi connectivity index (χ4n) is 1.83. The maximum Gasteiger partial charge on any atom is 0.345 e. The molecule has 1 aliphatic heterocycles. The third-order valence-electron chi connectivity index (χ3n) is 2.56. The fourth-order valence-corrected chi connectivity index (χ4v) is 1.83. The molecule has 1 unspecified atom stereocenters. The van der Waals surface area contributed by atoms with Gasteiger partial charge in [-0.3, -0.25) is 0 Å². The Balaban J connectivity index is 2.38. The predicted molar refractivity (Wildman–Crippen MR) is 66.5 cm³/mol. The quantitative estimate of drug-likeness (QED) is 0.767. The van der Waals surface area contributed by atoms with Crippen LogP contribution in [0.3, 0.4) is 0 Å². The van der Waals surface area contributed by atoms with Crippen molar-refractivity contribution in [1.82, 2.24) is 0 Å². The molecule has 1 atom stereocenters. The van der Waals surface area contributed by atoms with Gasteiger partial charge in [0, 0.05) is 0 Å². The first-order chi connectivity index (χ1) is 8.63. The first-order valence-electron chi connectivity index (χ1n) is 5.83. The molecule has 18 heavy (non-hydrogen) atoms. The van der Waals surface area contributed by atoms with Gasteiger partial charge in [-0.25, -0.2) is 4.79 Å². The first kappa shape index (κ1) is 12.6. The van der Waals surface area contributed by atoms with Crippen LogP contribution in [0.4, 0.5) is 0 Å². The van der Waals surface area contributed by atoms with Gasteiger partial charge >= 0.3 is 5.97 Å². The Morgan fingerprint density at radius 3 is 2.44 bits per heavy atom. The van der Waals surface area contributed by atoms with Crippen molar-refractivity contribution >= 4 is 11.5 Å². The number of benzene rings is 1. The Morgan fingerprint density at radius 1 is 1.22 bits per heavy atom. The molecule has 4 heteroatoms. The van der Waals surface area contributed by atoms with Crippen LogP contribution in [-0.2, 0) is 19.0 Å². The average Bonchev–Trinajstić information content (AvgIpc) is 2.65. The predicted octanol–water partition coefficient (Wildman–Crippen LogP) is 2.35. The summed E-state index contributed by atoms with van der Waals surface area (Å²) in [7, 11) is 1.51. The highest BCUT2D eigenvalue weighted by molar-refractivity contribution is 6.19. The lowest BCUT2D eigenvalue weighted by atomic mass is 10.1. The molecule has 0 aliphatic carbocycles. The smallest absolute Gasteiger partial charge is 0.345 e. The molecular weight excluding hydrogens is 232 g/mol. The van der Waals surface area contributed by atoms with Crippen molar-refractivity contribution in [3.63, 3.8) is 0 Å². The molecule has 0 aromatic heterocycles. The lowest BCUT2D eigenvalue weighted by Crippen LogP contribution is -2.21. The molecule has 0 spiro atoms. The monoisotopic (exact) mass is 248 g/mol. The molecular formula is C14H16O4. The molecule has 4 nitrogen and oxygen atoms in total. The molecule has 0 saturated carbocycles. The molecule has 0 bridgehead atoms. The molecule has 0 radical (unpaired) electrons. The van der Waals surface area contributed by atoms with Crippen LogP contribution in [0, 0.1) is 0 Å². The number of hydrogen-bond donors (Lipinski definition) is 0. The van der Waals surface area contributed by atoms with Gasteiger partial charge in [-0.05, 0) is 19.4 Å². The van der Waals surface area contributed by atoms with Crippen LogP contribution in [0.25, 0.3) is 5.57 Å². The number of cyclic esters (lactones) is 1. The highest BCUT2D eigenvalue weighted by Gasteiger charge is 2.37. The van der Waals surface area contributed by atoms with Gasteiger partial charge in [0.1, 0.15) is 5.57 Å². The van der Waals surface area contributed by atoms with Crippen molar-refractivity contribution in [1.29, 1.82) is 0 Å². The van der Waals surface area contributed by atoms with Crippen molar-refractivity contribution in [3.8, 4) is 0 Å². The molecule has 1 aromatic carbocycles. The maximum absolute atomic E-state index is 11.9. The summed E-state index contributed by atoms with van der Waals surface area (Å²) in [6.07, 6.45) is -0.805. The third kappa shape index (κ3) is 2.38. The molecule has 1 aliphatic rings. The van der Waals surface area contributed by atoms with Gasteiger partial charge in [-0.1, -0.05) is 30.3 Å². The Hall–Kier alpha value is -1.81. The van der Waals surface area contributed by atoms with E-state index in [1.807, 2.05) is 44.2 Å². The molecule has 2 rings (SSSR count). The zero-order valence-corrected chi connectivity index (χ0v) is 10.7. The largest absolute Gasteiger partial charge is 0.494 e. The van der Waals surface area contributed by atoms with Crippen molar-refractivity contribution in [3.05, 3.63) is 41.7 Å². The molecule has 0 saturated heterocycles. The topological polar surface area (TPSA) is 44.8 Å². The van der Waals surface area contributed by atoms with Gasteiger partial charge in [0.25, 0.3) is 6.29 Å². The molecule has 0 N–H and O–H groups in total. The maximum atomic E-state index is 11.9. The lowest BCUT2D eigenvalue weighted by molar-refractivity contribution is -0.170. The second kappa shape index (κ2) is 5.23.